The maximum Gasteiger partial charge on any atom is 0.317 e. The van der Waals surface area contributed by atoms with Gasteiger partial charge in [0.05, 0.1) is 6.61 Å². The van der Waals surface area contributed by atoms with Gasteiger partial charge < -0.3 is 19.9 Å². The van der Waals surface area contributed by atoms with E-state index in [1.54, 1.807) is 15.9 Å². The first-order valence-corrected chi connectivity index (χ1v) is 10.8. The van der Waals surface area contributed by atoms with E-state index in [0.717, 1.165) is 23.5 Å². The summed E-state index contributed by atoms with van der Waals surface area (Å²) in [5.74, 6) is -0.433. The third-order valence-electron chi connectivity index (χ3n) is 5.46. The molecule has 0 aliphatic carbocycles. The molecule has 0 bridgehead atoms. The Hall–Kier alpha value is -3.69. The number of carbonyl (C=O) groups is 1. The molecule has 2 aromatic carbocycles. The lowest BCUT2D eigenvalue weighted by Crippen LogP contribution is -2.51. The maximum atomic E-state index is 13.3. The molecule has 1 N–H and O–H groups in total. The number of aryl methyl sites for hydroxylation is 1. The Morgan fingerprint density at radius 1 is 1.09 bits per heavy atom. The average molecular weight is 456 g/mol. The lowest BCUT2D eigenvalue weighted by molar-refractivity contribution is 0.194. The average Bonchev–Trinajstić information content (AvgIpc) is 3.26. The van der Waals surface area contributed by atoms with Crippen molar-refractivity contribution in [1.29, 1.82) is 0 Å². The van der Waals surface area contributed by atoms with Crippen LogP contribution in [0.4, 0.5) is 19.3 Å². The Bertz CT molecular complexity index is 1130. The molecule has 0 atom stereocenters. The van der Waals surface area contributed by atoms with Crippen molar-refractivity contribution in [1.82, 2.24) is 25.0 Å². The maximum absolute atomic E-state index is 13.3. The number of piperazine rings is 1. The lowest BCUT2D eigenvalue weighted by Gasteiger charge is -2.36. The van der Waals surface area contributed by atoms with Crippen molar-refractivity contribution < 1.29 is 18.3 Å². The number of nitrogens with one attached hydrogen (secondary N) is 1. The number of nitrogens with zero attached hydrogens (tertiary/aromatic N) is 5. The van der Waals surface area contributed by atoms with Gasteiger partial charge in [0.1, 0.15) is 23.6 Å². The van der Waals surface area contributed by atoms with Crippen LogP contribution in [0.25, 0.3) is 5.69 Å². The molecule has 0 spiro atoms. The quantitative estimate of drug-likeness (QED) is 0.616. The molecule has 0 radical (unpaired) electrons. The number of rotatable bonds is 6. The molecule has 2 amide bonds. The molecule has 0 saturated carbocycles. The van der Waals surface area contributed by atoms with Crippen LogP contribution in [-0.4, -0.2) is 58.5 Å². The van der Waals surface area contributed by atoms with Gasteiger partial charge in [-0.1, -0.05) is 6.07 Å². The number of anilines is 1. The second-order valence-corrected chi connectivity index (χ2v) is 7.70. The van der Waals surface area contributed by atoms with Gasteiger partial charge in [-0.3, -0.25) is 0 Å². The van der Waals surface area contributed by atoms with Gasteiger partial charge in [-0.05, 0) is 43.7 Å². The summed E-state index contributed by atoms with van der Waals surface area (Å²) in [5.41, 5.74) is 2.32. The molecular formula is C23H26F2N6O2. The van der Waals surface area contributed by atoms with Crippen molar-refractivity contribution in [3.8, 4) is 11.4 Å². The molecule has 1 saturated heterocycles. The van der Waals surface area contributed by atoms with Gasteiger partial charge in [0, 0.05) is 44.5 Å². The van der Waals surface area contributed by atoms with Crippen LogP contribution in [0.3, 0.4) is 0 Å². The van der Waals surface area contributed by atoms with Gasteiger partial charge in [-0.25, -0.2) is 23.2 Å². The molecule has 4 rings (SSSR count). The monoisotopic (exact) mass is 456 g/mol. The summed E-state index contributed by atoms with van der Waals surface area (Å²) in [6, 6.07) is 9.32. The largest absolute Gasteiger partial charge is 0.492 e. The number of benzene rings is 2. The second kappa shape index (κ2) is 9.85. The highest BCUT2D eigenvalue weighted by Gasteiger charge is 2.22. The SMILES string of the molecule is CCOc1cc(N2CCN(C(=O)NCc3ccc(F)c(F)c3)CC2)ccc1-n1cnc(C)n1. The van der Waals surface area contributed by atoms with E-state index in [1.165, 1.54) is 6.07 Å². The fraction of sp³-hybridized carbons (Fsp3) is 0.348. The van der Waals surface area contributed by atoms with Crippen LogP contribution in [0, 0.1) is 18.6 Å². The van der Waals surface area contributed by atoms with Crippen LogP contribution in [0.5, 0.6) is 5.75 Å². The number of hydrogen-bond donors (Lipinski definition) is 1. The summed E-state index contributed by atoms with van der Waals surface area (Å²) in [7, 11) is 0. The third-order valence-corrected chi connectivity index (χ3v) is 5.46. The molecule has 10 heteroatoms. The molecular weight excluding hydrogens is 430 g/mol. The summed E-state index contributed by atoms with van der Waals surface area (Å²) in [6.45, 7) is 6.82. The first-order chi connectivity index (χ1) is 15.9. The van der Waals surface area contributed by atoms with Gasteiger partial charge in [0.2, 0.25) is 0 Å². The van der Waals surface area contributed by atoms with Crippen LogP contribution in [0.2, 0.25) is 0 Å². The number of hydrogen-bond acceptors (Lipinski definition) is 5. The summed E-state index contributed by atoms with van der Waals surface area (Å²) < 4.78 is 33.9. The molecule has 1 fully saturated rings. The number of ether oxygens (including phenoxy) is 1. The van der Waals surface area contributed by atoms with Crippen molar-refractivity contribution in [2.75, 3.05) is 37.7 Å². The molecule has 1 aliphatic heterocycles. The lowest BCUT2D eigenvalue weighted by atomic mass is 10.2. The normalized spacial score (nSPS) is 13.8. The van der Waals surface area contributed by atoms with Crippen molar-refractivity contribution in [3.63, 3.8) is 0 Å². The molecule has 1 aliphatic rings. The Kier molecular flexibility index (Phi) is 6.71. The molecule has 1 aromatic heterocycles. The van der Waals surface area contributed by atoms with Crippen LogP contribution in [-0.2, 0) is 6.54 Å². The Labute approximate surface area is 190 Å². The smallest absolute Gasteiger partial charge is 0.317 e. The minimum atomic E-state index is -0.924. The first-order valence-electron chi connectivity index (χ1n) is 10.8. The van der Waals surface area contributed by atoms with Crippen molar-refractivity contribution in [2.45, 2.75) is 20.4 Å². The summed E-state index contributed by atoms with van der Waals surface area (Å²) in [4.78, 5) is 20.6. The fourth-order valence-electron chi connectivity index (χ4n) is 3.73. The van der Waals surface area contributed by atoms with Gasteiger partial charge in [-0.2, -0.15) is 5.10 Å². The molecule has 0 unspecified atom stereocenters. The van der Waals surface area contributed by atoms with E-state index in [2.05, 4.69) is 20.3 Å². The third kappa shape index (κ3) is 5.21. The van der Waals surface area contributed by atoms with Crippen LogP contribution in [0.1, 0.15) is 18.3 Å². The van der Waals surface area contributed by atoms with Crippen molar-refractivity contribution in [3.05, 3.63) is 65.7 Å². The van der Waals surface area contributed by atoms with Gasteiger partial charge >= 0.3 is 6.03 Å². The van der Waals surface area contributed by atoms with Crippen LogP contribution >= 0.6 is 0 Å². The fourth-order valence-corrected chi connectivity index (χ4v) is 3.73. The number of halogens is 2. The van der Waals surface area contributed by atoms with E-state index >= 15 is 0 Å². The number of urea groups is 1. The predicted molar refractivity (Wildman–Crippen MR) is 120 cm³/mol. The molecule has 174 valence electrons. The zero-order valence-electron chi connectivity index (χ0n) is 18.6. The van der Waals surface area contributed by atoms with Crippen LogP contribution in [0.15, 0.2) is 42.7 Å². The molecule has 2 heterocycles. The van der Waals surface area contributed by atoms with Gasteiger partial charge in [0.25, 0.3) is 0 Å². The summed E-state index contributed by atoms with van der Waals surface area (Å²) in [6.07, 6.45) is 1.66. The minimum absolute atomic E-state index is 0.136. The first kappa shape index (κ1) is 22.5. The molecule has 3 aromatic rings. The summed E-state index contributed by atoms with van der Waals surface area (Å²) >= 11 is 0. The van der Waals surface area contributed by atoms with E-state index in [0.29, 0.717) is 49.9 Å². The number of carbonyl (C=O) groups excluding carboxylic acids is 1. The van der Waals surface area contributed by atoms with Gasteiger partial charge in [-0.15, -0.1) is 0 Å². The van der Waals surface area contributed by atoms with E-state index in [9.17, 15) is 13.6 Å². The topological polar surface area (TPSA) is 75.5 Å². The second-order valence-electron chi connectivity index (χ2n) is 7.70. The van der Waals surface area contributed by atoms with Crippen LogP contribution < -0.4 is 15.0 Å². The highest BCUT2D eigenvalue weighted by atomic mass is 19.2. The Morgan fingerprint density at radius 3 is 2.55 bits per heavy atom. The van der Waals surface area contributed by atoms with E-state index in [-0.39, 0.29) is 12.6 Å². The van der Waals surface area contributed by atoms with Gasteiger partial charge in [0.15, 0.2) is 11.6 Å². The molecule has 33 heavy (non-hydrogen) atoms. The zero-order valence-corrected chi connectivity index (χ0v) is 18.6. The molecule has 8 nitrogen and oxygen atoms in total. The van der Waals surface area contributed by atoms with E-state index in [4.69, 9.17) is 4.74 Å². The number of aromatic nitrogens is 3. The standard InChI is InChI=1S/C23H26F2N6O2/c1-3-33-22-13-18(5-7-21(22)31-15-27-16(2)28-31)29-8-10-30(11-9-29)23(32)26-14-17-4-6-19(24)20(25)12-17/h4-7,12-13,15H,3,8-11,14H2,1-2H3,(H,26,32). The highest BCUT2D eigenvalue weighted by molar-refractivity contribution is 5.74. The Balaban J connectivity index is 1.36. The zero-order chi connectivity index (χ0) is 23.4. The van der Waals surface area contributed by atoms with Crippen molar-refractivity contribution >= 4 is 11.7 Å². The van der Waals surface area contributed by atoms with Crippen molar-refractivity contribution in [2.24, 2.45) is 0 Å². The highest BCUT2D eigenvalue weighted by Crippen LogP contribution is 2.29. The summed E-state index contributed by atoms with van der Waals surface area (Å²) in [5, 5.41) is 7.13. The van der Waals surface area contributed by atoms with E-state index < -0.39 is 11.6 Å². The Morgan fingerprint density at radius 2 is 1.88 bits per heavy atom. The predicted octanol–water partition coefficient (Wildman–Crippen LogP) is 3.28. The van der Waals surface area contributed by atoms with E-state index in [1.807, 2.05) is 32.0 Å². The number of amides is 2. The minimum Gasteiger partial charge on any atom is -0.492 e.